The summed E-state index contributed by atoms with van der Waals surface area (Å²) in [5, 5.41) is 2.53. The van der Waals surface area contributed by atoms with Crippen LogP contribution in [0.2, 0.25) is 0 Å². The molecule has 0 amide bonds. The molecule has 0 atom stereocenters. The number of fused-ring (bicyclic) bond motifs is 6. The van der Waals surface area contributed by atoms with Crippen molar-refractivity contribution in [3.63, 3.8) is 0 Å². The zero-order valence-corrected chi connectivity index (χ0v) is 29.9. The quantitative estimate of drug-likeness (QED) is 0.170. The van der Waals surface area contributed by atoms with E-state index in [1.165, 1.54) is 72.0 Å². The van der Waals surface area contributed by atoms with E-state index in [9.17, 15) is 0 Å². The van der Waals surface area contributed by atoms with Crippen molar-refractivity contribution in [3.8, 4) is 39.1 Å². The fraction of sp³-hybridized carbons (Fsp3) is 0.0588. The first-order valence-electron chi connectivity index (χ1n) is 18.4. The van der Waals surface area contributed by atoms with Gasteiger partial charge in [-0.2, -0.15) is 0 Å². The number of rotatable bonds is 6. The Labute approximate surface area is 310 Å². The first-order chi connectivity index (χ1) is 26.1. The van der Waals surface area contributed by atoms with E-state index in [1.807, 2.05) is 0 Å². The van der Waals surface area contributed by atoms with Crippen LogP contribution in [0.15, 0.2) is 194 Å². The molecule has 2 nitrogen and oxygen atoms in total. The van der Waals surface area contributed by atoms with Gasteiger partial charge in [0.15, 0.2) is 0 Å². The number of hydrogen-bond donors (Lipinski definition) is 0. The van der Waals surface area contributed by atoms with E-state index < -0.39 is 0 Å². The number of benzene rings is 8. The van der Waals surface area contributed by atoms with Gasteiger partial charge in [0.2, 0.25) is 0 Å². The third kappa shape index (κ3) is 4.94. The van der Waals surface area contributed by atoms with E-state index in [-0.39, 0.29) is 5.41 Å². The van der Waals surface area contributed by atoms with Gasteiger partial charge in [-0.25, -0.2) is 0 Å². The van der Waals surface area contributed by atoms with Gasteiger partial charge >= 0.3 is 0 Å². The zero-order valence-electron chi connectivity index (χ0n) is 29.9. The molecule has 0 bridgehead atoms. The van der Waals surface area contributed by atoms with Crippen LogP contribution in [0.1, 0.15) is 25.0 Å². The molecule has 1 aliphatic carbocycles. The highest BCUT2D eigenvalue weighted by molar-refractivity contribution is 6.15. The van der Waals surface area contributed by atoms with Gasteiger partial charge in [0.25, 0.3) is 0 Å². The predicted molar refractivity (Wildman–Crippen MR) is 224 cm³/mol. The molecule has 8 aromatic carbocycles. The van der Waals surface area contributed by atoms with Crippen LogP contribution < -0.4 is 4.90 Å². The maximum Gasteiger partial charge on any atom is 0.0547 e. The first-order valence-corrected chi connectivity index (χ1v) is 18.4. The highest BCUT2D eigenvalue weighted by Gasteiger charge is 2.38. The molecule has 0 spiro atoms. The third-order valence-electron chi connectivity index (χ3n) is 11.1. The Balaban J connectivity index is 1.16. The minimum Gasteiger partial charge on any atom is -0.310 e. The third-order valence-corrected chi connectivity index (χ3v) is 11.1. The van der Waals surface area contributed by atoms with Crippen molar-refractivity contribution in [2.24, 2.45) is 0 Å². The lowest BCUT2D eigenvalue weighted by atomic mass is 9.78. The Kier molecular flexibility index (Phi) is 7.19. The van der Waals surface area contributed by atoms with Gasteiger partial charge in [0.1, 0.15) is 0 Å². The highest BCUT2D eigenvalue weighted by atomic mass is 15.1. The number of anilines is 3. The van der Waals surface area contributed by atoms with Gasteiger partial charge in [-0.15, -0.1) is 0 Å². The maximum atomic E-state index is 2.41. The van der Waals surface area contributed by atoms with Gasteiger partial charge < -0.3 is 9.47 Å². The molecule has 0 unspecified atom stereocenters. The molecule has 0 aliphatic heterocycles. The normalized spacial score (nSPS) is 12.9. The molecular weight excluding hydrogens is 641 g/mol. The molecule has 9 aromatic rings. The van der Waals surface area contributed by atoms with Crippen molar-refractivity contribution >= 4 is 38.9 Å². The van der Waals surface area contributed by atoms with E-state index in [0.717, 1.165) is 17.1 Å². The molecule has 53 heavy (non-hydrogen) atoms. The molecule has 252 valence electrons. The molecule has 1 heterocycles. The second-order valence-corrected chi connectivity index (χ2v) is 14.6. The first kappa shape index (κ1) is 31.1. The molecular formula is C51H38N2. The molecule has 1 aliphatic rings. The molecule has 2 heteroatoms. The summed E-state index contributed by atoms with van der Waals surface area (Å²) < 4.78 is 2.39. The van der Waals surface area contributed by atoms with Crippen molar-refractivity contribution in [1.29, 1.82) is 0 Å². The Hall–Kier alpha value is -6.64. The van der Waals surface area contributed by atoms with Crippen molar-refractivity contribution in [1.82, 2.24) is 4.57 Å². The van der Waals surface area contributed by atoms with Crippen LogP contribution in [0, 0.1) is 0 Å². The Morgan fingerprint density at radius 3 is 1.75 bits per heavy atom. The average molecular weight is 679 g/mol. The Morgan fingerprint density at radius 1 is 0.415 bits per heavy atom. The van der Waals surface area contributed by atoms with E-state index in [4.69, 9.17) is 0 Å². The van der Waals surface area contributed by atoms with Crippen molar-refractivity contribution < 1.29 is 0 Å². The fourth-order valence-corrected chi connectivity index (χ4v) is 8.81. The Bertz CT molecular complexity index is 2780. The van der Waals surface area contributed by atoms with Gasteiger partial charge in [-0.05, 0) is 105 Å². The number of hydrogen-bond acceptors (Lipinski definition) is 1. The molecule has 10 rings (SSSR count). The summed E-state index contributed by atoms with van der Waals surface area (Å²) in [5.41, 5.74) is 17.2. The van der Waals surface area contributed by atoms with Crippen LogP contribution in [0.25, 0.3) is 60.9 Å². The summed E-state index contributed by atoms with van der Waals surface area (Å²) in [6, 6.07) is 70.7. The zero-order chi connectivity index (χ0) is 35.5. The van der Waals surface area contributed by atoms with Crippen molar-refractivity contribution in [2.45, 2.75) is 19.3 Å². The van der Waals surface area contributed by atoms with Crippen LogP contribution in [0.3, 0.4) is 0 Å². The fourth-order valence-electron chi connectivity index (χ4n) is 8.81. The van der Waals surface area contributed by atoms with Crippen LogP contribution in [0.5, 0.6) is 0 Å². The second-order valence-electron chi connectivity index (χ2n) is 14.6. The van der Waals surface area contributed by atoms with Crippen LogP contribution in [0.4, 0.5) is 17.1 Å². The molecule has 1 aromatic heterocycles. The van der Waals surface area contributed by atoms with Gasteiger partial charge in [0, 0.05) is 38.9 Å². The molecule has 0 saturated heterocycles. The Morgan fingerprint density at radius 2 is 0.981 bits per heavy atom. The monoisotopic (exact) mass is 678 g/mol. The van der Waals surface area contributed by atoms with Crippen LogP contribution in [-0.4, -0.2) is 4.57 Å². The molecule has 0 N–H and O–H groups in total. The number of aromatic nitrogens is 1. The summed E-state index contributed by atoms with van der Waals surface area (Å²) in [6.07, 6.45) is 0. The summed E-state index contributed by atoms with van der Waals surface area (Å²) in [5.74, 6) is 0. The van der Waals surface area contributed by atoms with E-state index in [1.54, 1.807) is 0 Å². The van der Waals surface area contributed by atoms with Crippen molar-refractivity contribution in [3.05, 3.63) is 205 Å². The summed E-state index contributed by atoms with van der Waals surface area (Å²) in [4.78, 5) is 2.41. The predicted octanol–water partition coefficient (Wildman–Crippen LogP) is 13.9. The van der Waals surface area contributed by atoms with Gasteiger partial charge in [-0.3, -0.25) is 0 Å². The maximum absolute atomic E-state index is 2.41. The second kappa shape index (κ2) is 12.3. The largest absolute Gasteiger partial charge is 0.310 e. The lowest BCUT2D eigenvalue weighted by molar-refractivity contribution is 0.662. The van der Waals surface area contributed by atoms with Crippen molar-refractivity contribution in [2.75, 3.05) is 4.90 Å². The molecule has 0 fully saturated rings. The van der Waals surface area contributed by atoms with Crippen LogP contribution in [-0.2, 0) is 5.41 Å². The topological polar surface area (TPSA) is 8.17 Å². The lowest BCUT2D eigenvalue weighted by Gasteiger charge is -2.29. The molecule has 0 radical (unpaired) electrons. The average Bonchev–Trinajstić information content (AvgIpc) is 3.68. The van der Waals surface area contributed by atoms with Gasteiger partial charge in [0.05, 0.1) is 11.0 Å². The van der Waals surface area contributed by atoms with Gasteiger partial charge in [-0.1, -0.05) is 147 Å². The highest BCUT2D eigenvalue weighted by Crippen LogP contribution is 2.54. The summed E-state index contributed by atoms with van der Waals surface area (Å²) >= 11 is 0. The minimum absolute atomic E-state index is 0.125. The minimum atomic E-state index is -0.125. The lowest BCUT2D eigenvalue weighted by Crippen LogP contribution is -2.17. The van der Waals surface area contributed by atoms with E-state index in [0.29, 0.717) is 0 Å². The molecule has 0 saturated carbocycles. The standard InChI is InChI=1S/C51H38N2/c1-51(2)46-26-14-12-23-42(46)45-34-40(33-44(50(45)51)35-17-6-3-7-18-35)52(37-19-8-4-9-20-37)39-31-29-36(30-32-39)41-25-16-28-48-49(41)43-24-13-15-27-47(43)53(48)38-21-10-5-11-22-38/h3-34H,1-2H3. The SMILES string of the molecule is CC1(C)c2ccccc2-c2cc(N(c3ccccc3)c3ccc(-c4cccc5c4c4ccccc4n5-c4ccccc4)cc3)cc(-c3ccccc3)c21. The van der Waals surface area contributed by atoms with E-state index >= 15 is 0 Å². The summed E-state index contributed by atoms with van der Waals surface area (Å²) in [6.45, 7) is 4.74. The number of nitrogens with zero attached hydrogens (tertiary/aromatic N) is 2. The van der Waals surface area contributed by atoms with E-state index in [2.05, 4.69) is 217 Å². The smallest absolute Gasteiger partial charge is 0.0547 e. The van der Waals surface area contributed by atoms with Crippen LogP contribution >= 0.6 is 0 Å². The number of para-hydroxylation sites is 3. The summed E-state index contributed by atoms with van der Waals surface area (Å²) in [7, 11) is 0.